The minimum absolute atomic E-state index is 0.0271. The van der Waals surface area contributed by atoms with Crippen molar-refractivity contribution < 1.29 is 24.4 Å². The Labute approximate surface area is 199 Å². The van der Waals surface area contributed by atoms with E-state index in [1.165, 1.54) is 33.6 Å². The van der Waals surface area contributed by atoms with Gasteiger partial charge in [-0.1, -0.05) is 24.8 Å². The number of hydrogen-bond acceptors (Lipinski definition) is 6. The van der Waals surface area contributed by atoms with Gasteiger partial charge in [-0.05, 0) is 24.6 Å². The number of imidazole rings is 1. The number of benzene rings is 1. The smallest absolute Gasteiger partial charge is 0.353 e. The van der Waals surface area contributed by atoms with Crippen LogP contribution in [0.5, 0.6) is 0 Å². The van der Waals surface area contributed by atoms with E-state index in [0.717, 1.165) is 27.5 Å². The molecule has 10 heteroatoms. The van der Waals surface area contributed by atoms with E-state index in [-0.39, 0.29) is 23.6 Å². The molecule has 172 valence electrons. The molecule has 3 aromatic rings. The highest BCUT2D eigenvalue weighted by Crippen LogP contribution is 2.52. The van der Waals surface area contributed by atoms with E-state index < -0.39 is 18.0 Å². The number of aromatic nitrogens is 3. The van der Waals surface area contributed by atoms with Gasteiger partial charge < -0.3 is 15.1 Å². The van der Waals surface area contributed by atoms with E-state index in [1.54, 1.807) is 6.92 Å². The van der Waals surface area contributed by atoms with Crippen LogP contribution in [-0.4, -0.2) is 48.7 Å². The van der Waals surface area contributed by atoms with Crippen LogP contribution in [0.1, 0.15) is 19.4 Å². The summed E-state index contributed by atoms with van der Waals surface area (Å²) in [6, 6.07) is 5.94. The van der Waals surface area contributed by atoms with Crippen LogP contribution >= 0.6 is 23.1 Å². The van der Waals surface area contributed by atoms with Gasteiger partial charge in [-0.3, -0.25) is 4.79 Å². The fourth-order valence-electron chi connectivity index (χ4n) is 4.79. The van der Waals surface area contributed by atoms with Gasteiger partial charge in [0.2, 0.25) is 12.2 Å². The van der Waals surface area contributed by atoms with Crippen molar-refractivity contribution in [1.29, 1.82) is 0 Å². The molecular weight excluding hydrogens is 460 g/mol. The first-order valence-corrected chi connectivity index (χ1v) is 12.4. The summed E-state index contributed by atoms with van der Waals surface area (Å²) in [6.45, 7) is 4.38. The van der Waals surface area contributed by atoms with Crippen LogP contribution in [0, 0.1) is 11.8 Å². The number of aryl methyl sites for hydroxylation is 3. The van der Waals surface area contributed by atoms with E-state index in [1.807, 2.05) is 37.3 Å². The number of β-lactam (4-membered cyclic amide) rings is 1. The second-order valence-electron chi connectivity index (χ2n) is 8.72. The molecule has 0 unspecified atom stereocenters. The summed E-state index contributed by atoms with van der Waals surface area (Å²) in [5.74, 6) is -2.18. The number of carboxylic acids is 1. The predicted octanol–water partition coefficient (Wildman–Crippen LogP) is 2.41. The van der Waals surface area contributed by atoms with E-state index >= 15 is 0 Å². The molecule has 8 nitrogen and oxygen atoms in total. The number of carbonyl (C=O) groups is 2. The third kappa shape index (κ3) is 3.75. The highest BCUT2D eigenvalue weighted by molar-refractivity contribution is 8.04. The number of hydrogen-bond donors (Lipinski definition) is 2. The molecule has 0 bridgehead atoms. The van der Waals surface area contributed by atoms with Crippen molar-refractivity contribution in [3.63, 3.8) is 0 Å². The van der Waals surface area contributed by atoms with Gasteiger partial charge in [0.25, 0.3) is 0 Å². The number of thioether (sulfide) groups is 1. The van der Waals surface area contributed by atoms with E-state index in [4.69, 9.17) is 4.98 Å². The molecule has 2 N–H and O–H groups in total. The van der Waals surface area contributed by atoms with Crippen LogP contribution in [0.3, 0.4) is 0 Å². The van der Waals surface area contributed by atoms with Crippen molar-refractivity contribution in [2.75, 3.05) is 0 Å². The van der Waals surface area contributed by atoms with Crippen molar-refractivity contribution in [2.45, 2.75) is 43.3 Å². The number of amides is 1. The largest absolute Gasteiger partial charge is 0.477 e. The minimum atomic E-state index is -1.12. The van der Waals surface area contributed by atoms with Crippen LogP contribution < -0.4 is 4.57 Å². The van der Waals surface area contributed by atoms with Gasteiger partial charge in [-0.2, -0.15) is 0 Å². The molecule has 0 saturated carbocycles. The van der Waals surface area contributed by atoms with Crippen molar-refractivity contribution in [3.8, 4) is 0 Å². The Balaban J connectivity index is 1.38. The summed E-state index contributed by atoms with van der Waals surface area (Å²) in [6.07, 6.45) is 6.17. The second kappa shape index (κ2) is 8.27. The molecule has 5 rings (SSSR count). The number of aliphatic hydroxyl groups is 1. The topological polar surface area (TPSA) is 99.5 Å². The maximum atomic E-state index is 12.5. The van der Waals surface area contributed by atoms with Crippen molar-refractivity contribution in [3.05, 3.63) is 53.1 Å². The van der Waals surface area contributed by atoms with Gasteiger partial charge in [0, 0.05) is 17.2 Å². The second-order valence-corrected chi connectivity index (χ2v) is 11.0. The molecule has 33 heavy (non-hydrogen) atoms. The number of nitrogens with zero attached hydrogens (tertiary/aromatic N) is 4. The number of aliphatic hydroxyl groups excluding tert-OH is 1. The Morgan fingerprint density at radius 2 is 2.18 bits per heavy atom. The normalized spacial score (nSPS) is 23.2. The lowest BCUT2D eigenvalue weighted by molar-refractivity contribution is -0.671. The number of carboxylic acid groups (broad SMARTS) is 1. The summed E-state index contributed by atoms with van der Waals surface area (Å²) >= 11 is 2.85. The lowest BCUT2D eigenvalue weighted by Gasteiger charge is -2.46. The van der Waals surface area contributed by atoms with Crippen LogP contribution in [0.15, 0.2) is 51.9 Å². The average Bonchev–Trinajstić information content (AvgIpc) is 3.41. The van der Waals surface area contributed by atoms with Crippen molar-refractivity contribution >= 4 is 45.2 Å². The lowest BCUT2D eigenvalue weighted by atomic mass is 9.79. The Bertz CT molecular complexity index is 1290. The molecule has 1 amide bonds. The van der Waals surface area contributed by atoms with Crippen molar-refractivity contribution in [2.24, 2.45) is 18.9 Å². The van der Waals surface area contributed by atoms with Crippen LogP contribution in [-0.2, 0) is 29.6 Å². The number of rotatable bonds is 7. The number of fused-ring (bicyclic) bond motifs is 2. The number of thiazole rings is 1. The molecule has 4 atom stereocenters. The third-order valence-electron chi connectivity index (χ3n) is 6.42. The van der Waals surface area contributed by atoms with Crippen molar-refractivity contribution in [1.82, 2.24) is 14.5 Å². The molecule has 4 heterocycles. The zero-order chi connectivity index (χ0) is 23.4. The Morgan fingerprint density at radius 1 is 1.39 bits per heavy atom. The quantitative estimate of drug-likeness (QED) is 0.394. The molecule has 1 fully saturated rings. The van der Waals surface area contributed by atoms with Gasteiger partial charge in [0.05, 0.1) is 41.9 Å². The molecule has 1 saturated heterocycles. The van der Waals surface area contributed by atoms with Gasteiger partial charge in [-0.15, -0.1) is 11.3 Å². The molecule has 2 aromatic heterocycles. The van der Waals surface area contributed by atoms with Gasteiger partial charge in [0.1, 0.15) is 18.1 Å². The number of carbonyl (C=O) groups excluding carboxylic acids is 1. The summed E-state index contributed by atoms with van der Waals surface area (Å²) in [5.41, 5.74) is 2.11. The summed E-state index contributed by atoms with van der Waals surface area (Å²) in [5, 5.41) is 19.8. The molecule has 0 spiro atoms. The highest BCUT2D eigenvalue weighted by Gasteiger charge is 2.60. The zero-order valence-corrected chi connectivity index (χ0v) is 20.1. The first kappa shape index (κ1) is 22.1. The minimum Gasteiger partial charge on any atom is -0.477 e. The van der Waals surface area contributed by atoms with Crippen LogP contribution in [0.4, 0.5) is 0 Å². The van der Waals surface area contributed by atoms with Gasteiger partial charge >= 0.3 is 5.97 Å². The molecule has 2 aliphatic heterocycles. The summed E-state index contributed by atoms with van der Waals surface area (Å²) < 4.78 is 5.94. The average molecular weight is 486 g/mol. The van der Waals surface area contributed by atoms with Gasteiger partial charge in [-0.25, -0.2) is 18.9 Å². The lowest BCUT2D eigenvalue weighted by Crippen LogP contribution is -2.63. The van der Waals surface area contributed by atoms with Crippen LogP contribution in [0.2, 0.25) is 0 Å². The summed E-state index contributed by atoms with van der Waals surface area (Å²) in [4.78, 5) is 31.3. The maximum absolute atomic E-state index is 12.5. The molecule has 0 radical (unpaired) electrons. The van der Waals surface area contributed by atoms with E-state index in [2.05, 4.69) is 22.8 Å². The molecular formula is C23H25N4O4S2+. The first-order valence-electron chi connectivity index (χ1n) is 10.8. The maximum Gasteiger partial charge on any atom is 0.353 e. The molecule has 1 aromatic carbocycles. The van der Waals surface area contributed by atoms with Gasteiger partial charge in [0.15, 0.2) is 4.34 Å². The Morgan fingerprint density at radius 3 is 2.85 bits per heavy atom. The first-order chi connectivity index (χ1) is 15.7. The van der Waals surface area contributed by atoms with E-state index in [0.29, 0.717) is 4.91 Å². The monoisotopic (exact) mass is 485 g/mol. The number of aliphatic carboxylic acids is 1. The Hall–Kier alpha value is -2.69. The summed E-state index contributed by atoms with van der Waals surface area (Å²) in [7, 11) is 2.00. The van der Waals surface area contributed by atoms with Crippen LogP contribution in [0.25, 0.3) is 10.2 Å². The fraction of sp³-hybridized carbons (Fsp3) is 0.391. The highest BCUT2D eigenvalue weighted by atomic mass is 32.2. The fourth-order valence-corrected chi connectivity index (χ4v) is 7.12. The molecule has 2 aliphatic rings. The predicted molar refractivity (Wildman–Crippen MR) is 124 cm³/mol. The molecule has 0 aliphatic carbocycles. The standard InChI is InChI=1S/C23H24N4O4S2/c1-12-18-17(13(2)28)21(29)27(18)19(22(30)31)20(12)33-23-24-15-10-14(4-5-16(15)32-23)6-7-26-9-8-25(3)11-26/h4-5,8-13,17-18,28H,6-7H2,1-3H3/p+1/t12-,13-,17-,18-/m1/s1. The zero-order valence-electron chi connectivity index (χ0n) is 18.5. The SMILES string of the molecule is C[C@@H](O)[C@H]1C(=O)N2C(C(=O)O)=C(Sc3nc4cc(CCn5cc[n+](C)c5)ccc4s3)[C@H](C)[C@H]12. The Kier molecular flexibility index (Phi) is 5.54. The van der Waals surface area contributed by atoms with E-state index in [9.17, 15) is 19.8 Å². The third-order valence-corrected chi connectivity index (χ3v) is 8.81.